The second-order valence-corrected chi connectivity index (χ2v) is 9.54. The van der Waals surface area contributed by atoms with Crippen molar-refractivity contribution in [2.45, 2.75) is 24.3 Å². The van der Waals surface area contributed by atoms with Gasteiger partial charge in [-0.05, 0) is 25.1 Å². The standard InChI is InChI=1S/C18H15BrN4O2S3/c1-10-20-12(7-26-10)6-16-22-23-18(25-16)28-9-13-8-27-17(21-13)14-5-11(19)3-4-15(14)24-2/h3-5,7-8H,6,9H2,1-2H3. The Morgan fingerprint density at radius 1 is 1.14 bits per heavy atom. The van der Waals surface area contributed by atoms with Crippen molar-refractivity contribution in [3.05, 3.63) is 55.7 Å². The molecule has 4 rings (SSSR count). The SMILES string of the molecule is COc1ccc(Br)cc1-c1nc(CSc2nnc(Cc3csc(C)n3)o2)cs1. The third-order valence-corrected chi connectivity index (χ3v) is 6.83. The fraction of sp³-hybridized carbons (Fsp3) is 0.222. The molecule has 0 radical (unpaired) electrons. The van der Waals surface area contributed by atoms with E-state index in [1.807, 2.05) is 35.9 Å². The third kappa shape index (κ3) is 4.62. The molecule has 3 aromatic heterocycles. The van der Waals surface area contributed by atoms with Crippen LogP contribution in [-0.4, -0.2) is 27.3 Å². The summed E-state index contributed by atoms with van der Waals surface area (Å²) in [6, 6.07) is 5.89. The van der Waals surface area contributed by atoms with Crippen LogP contribution in [0, 0.1) is 6.92 Å². The van der Waals surface area contributed by atoms with Crippen molar-refractivity contribution < 1.29 is 9.15 Å². The fourth-order valence-electron chi connectivity index (χ4n) is 2.49. The number of thioether (sulfide) groups is 1. The molecule has 0 aliphatic rings. The molecule has 4 aromatic rings. The Hall–Kier alpha value is -1.75. The first-order valence-corrected chi connectivity index (χ1v) is 11.8. The van der Waals surface area contributed by atoms with E-state index in [9.17, 15) is 0 Å². The van der Waals surface area contributed by atoms with Crippen molar-refractivity contribution >= 4 is 50.4 Å². The van der Waals surface area contributed by atoms with Crippen LogP contribution in [0.15, 0.2) is 43.1 Å². The molecular formula is C18H15BrN4O2S3. The van der Waals surface area contributed by atoms with Gasteiger partial charge in [0.2, 0.25) is 5.89 Å². The summed E-state index contributed by atoms with van der Waals surface area (Å²) >= 11 is 8.18. The van der Waals surface area contributed by atoms with Crippen molar-refractivity contribution in [2.24, 2.45) is 0 Å². The maximum absolute atomic E-state index is 5.72. The van der Waals surface area contributed by atoms with Crippen LogP contribution in [-0.2, 0) is 12.2 Å². The van der Waals surface area contributed by atoms with E-state index in [1.54, 1.807) is 29.8 Å². The number of halogens is 1. The Labute approximate surface area is 182 Å². The summed E-state index contributed by atoms with van der Waals surface area (Å²) in [4.78, 5) is 9.14. The first kappa shape index (κ1) is 19.6. The fourth-order valence-corrected chi connectivity index (χ4v) is 5.08. The van der Waals surface area contributed by atoms with Crippen molar-refractivity contribution in [2.75, 3.05) is 7.11 Å². The van der Waals surface area contributed by atoms with Crippen LogP contribution >= 0.6 is 50.4 Å². The number of hydrogen-bond acceptors (Lipinski definition) is 9. The summed E-state index contributed by atoms with van der Waals surface area (Å²) in [7, 11) is 1.66. The van der Waals surface area contributed by atoms with Gasteiger partial charge < -0.3 is 9.15 Å². The average Bonchev–Trinajstić information content (AvgIpc) is 3.42. The molecule has 0 spiro atoms. The molecule has 0 fully saturated rings. The highest BCUT2D eigenvalue weighted by atomic mass is 79.9. The molecule has 6 nitrogen and oxygen atoms in total. The maximum atomic E-state index is 5.72. The molecule has 0 aliphatic carbocycles. The molecule has 0 amide bonds. The quantitative estimate of drug-likeness (QED) is 0.309. The van der Waals surface area contributed by atoms with Gasteiger partial charge in [0.1, 0.15) is 10.8 Å². The maximum Gasteiger partial charge on any atom is 0.276 e. The Morgan fingerprint density at radius 3 is 2.79 bits per heavy atom. The molecular weight excluding hydrogens is 480 g/mol. The van der Waals surface area contributed by atoms with Crippen LogP contribution in [0.3, 0.4) is 0 Å². The number of rotatable bonds is 7. The van der Waals surface area contributed by atoms with Gasteiger partial charge in [-0.1, -0.05) is 27.7 Å². The predicted octanol–water partition coefficient (Wildman–Crippen LogP) is 5.61. The van der Waals surface area contributed by atoms with Gasteiger partial charge in [-0.15, -0.1) is 32.9 Å². The lowest BCUT2D eigenvalue weighted by Gasteiger charge is -2.06. The third-order valence-electron chi connectivity index (χ3n) is 3.73. The monoisotopic (exact) mass is 494 g/mol. The molecule has 0 saturated carbocycles. The zero-order chi connectivity index (χ0) is 19.5. The van der Waals surface area contributed by atoms with Crippen LogP contribution in [0.5, 0.6) is 5.75 Å². The van der Waals surface area contributed by atoms with E-state index in [-0.39, 0.29) is 0 Å². The smallest absolute Gasteiger partial charge is 0.276 e. The molecule has 3 heterocycles. The highest BCUT2D eigenvalue weighted by Crippen LogP contribution is 2.35. The van der Waals surface area contributed by atoms with E-state index < -0.39 is 0 Å². The molecule has 10 heteroatoms. The summed E-state index contributed by atoms with van der Waals surface area (Å²) in [5, 5.41) is 14.8. The summed E-state index contributed by atoms with van der Waals surface area (Å²) in [6.45, 7) is 1.98. The highest BCUT2D eigenvalue weighted by molar-refractivity contribution is 9.10. The Kier molecular flexibility index (Phi) is 6.10. The lowest BCUT2D eigenvalue weighted by atomic mass is 10.2. The number of ether oxygens (including phenoxy) is 1. The normalized spacial score (nSPS) is 11.1. The van der Waals surface area contributed by atoms with Crippen LogP contribution in [0.1, 0.15) is 22.3 Å². The van der Waals surface area contributed by atoms with Crippen molar-refractivity contribution in [3.63, 3.8) is 0 Å². The lowest BCUT2D eigenvalue weighted by molar-refractivity contribution is 0.416. The van der Waals surface area contributed by atoms with Crippen LogP contribution in [0.25, 0.3) is 10.6 Å². The van der Waals surface area contributed by atoms with Gasteiger partial charge in [0.05, 0.1) is 35.5 Å². The Bertz CT molecular complexity index is 1090. The second kappa shape index (κ2) is 8.73. The van der Waals surface area contributed by atoms with Gasteiger partial charge in [-0.3, -0.25) is 0 Å². The minimum absolute atomic E-state index is 0.538. The van der Waals surface area contributed by atoms with Crippen molar-refractivity contribution in [1.29, 1.82) is 0 Å². The average molecular weight is 495 g/mol. The number of hydrogen-bond donors (Lipinski definition) is 0. The van der Waals surface area contributed by atoms with E-state index in [4.69, 9.17) is 14.1 Å². The topological polar surface area (TPSA) is 73.9 Å². The molecule has 0 N–H and O–H groups in total. The number of thiazole rings is 2. The van der Waals surface area contributed by atoms with E-state index in [2.05, 4.69) is 31.1 Å². The van der Waals surface area contributed by atoms with Crippen molar-refractivity contribution in [3.8, 4) is 16.3 Å². The molecule has 1 aromatic carbocycles. The first-order chi connectivity index (χ1) is 13.6. The highest BCUT2D eigenvalue weighted by Gasteiger charge is 2.13. The summed E-state index contributed by atoms with van der Waals surface area (Å²) in [5.74, 6) is 2.03. The Balaban J connectivity index is 1.41. The molecule has 0 saturated heterocycles. The second-order valence-electron chi connectivity index (χ2n) is 5.77. The lowest BCUT2D eigenvalue weighted by Crippen LogP contribution is -1.88. The predicted molar refractivity (Wildman–Crippen MR) is 115 cm³/mol. The largest absolute Gasteiger partial charge is 0.496 e. The minimum atomic E-state index is 0.538. The number of aryl methyl sites for hydroxylation is 1. The van der Waals surface area contributed by atoms with Gasteiger partial charge in [-0.25, -0.2) is 9.97 Å². The van der Waals surface area contributed by atoms with Gasteiger partial charge in [0, 0.05) is 21.0 Å². The Morgan fingerprint density at radius 2 is 2.00 bits per heavy atom. The van der Waals surface area contributed by atoms with Gasteiger partial charge >= 0.3 is 0 Å². The van der Waals surface area contributed by atoms with E-state index in [0.29, 0.717) is 23.3 Å². The molecule has 0 aliphatic heterocycles. The zero-order valence-corrected chi connectivity index (χ0v) is 19.0. The van der Waals surface area contributed by atoms with Gasteiger partial charge in [0.25, 0.3) is 5.22 Å². The number of nitrogens with zero attached hydrogens (tertiary/aromatic N) is 4. The molecule has 144 valence electrons. The molecule has 0 atom stereocenters. The number of methoxy groups -OCH3 is 1. The molecule has 0 unspecified atom stereocenters. The van der Waals surface area contributed by atoms with Crippen LogP contribution in [0.4, 0.5) is 0 Å². The van der Waals surface area contributed by atoms with Gasteiger partial charge in [-0.2, -0.15) is 0 Å². The van der Waals surface area contributed by atoms with E-state index in [0.717, 1.165) is 37.2 Å². The summed E-state index contributed by atoms with van der Waals surface area (Å²) in [5.41, 5.74) is 2.88. The molecule has 28 heavy (non-hydrogen) atoms. The summed E-state index contributed by atoms with van der Waals surface area (Å²) in [6.07, 6.45) is 0.557. The minimum Gasteiger partial charge on any atom is -0.496 e. The van der Waals surface area contributed by atoms with Crippen molar-refractivity contribution in [1.82, 2.24) is 20.2 Å². The molecule has 0 bridgehead atoms. The van der Waals surface area contributed by atoms with E-state index in [1.165, 1.54) is 11.8 Å². The zero-order valence-electron chi connectivity index (χ0n) is 15.0. The first-order valence-electron chi connectivity index (χ1n) is 8.25. The van der Waals surface area contributed by atoms with Gasteiger partial charge in [0.15, 0.2) is 0 Å². The van der Waals surface area contributed by atoms with E-state index >= 15 is 0 Å². The summed E-state index contributed by atoms with van der Waals surface area (Å²) < 4.78 is 12.2. The number of aromatic nitrogens is 4. The van der Waals surface area contributed by atoms with Crippen LogP contribution in [0.2, 0.25) is 0 Å². The van der Waals surface area contributed by atoms with Crippen LogP contribution < -0.4 is 4.74 Å². The number of benzene rings is 1.